The molecule has 0 radical (unpaired) electrons. The molecule has 3 unspecified atom stereocenters. The Morgan fingerprint density at radius 2 is 1.06 bits per heavy atom. The SMILES string of the molecule is CCC1CCC=CCC=CCCCCCCCCC(OC(=O)N(C)CCCN(CC)CC)CCCCCCCCC=CCC=CCCCC1C. The fourth-order valence-electron chi connectivity index (χ4n) is 7.35. The van der Waals surface area contributed by atoms with Crippen LogP contribution in [0.4, 0.5) is 4.79 Å². The minimum Gasteiger partial charge on any atom is -0.446 e. The molecule has 1 amide bonds. The molecule has 0 fully saturated rings. The average Bonchev–Trinajstić information content (AvgIpc) is 3.12. The molecule has 0 aliphatic heterocycles. The summed E-state index contributed by atoms with van der Waals surface area (Å²) in [5.41, 5.74) is 0. The van der Waals surface area contributed by atoms with Gasteiger partial charge in [-0.2, -0.15) is 0 Å². The Morgan fingerprint density at radius 1 is 0.580 bits per heavy atom. The first-order valence-corrected chi connectivity index (χ1v) is 21.8. The molecule has 1 aliphatic rings. The zero-order chi connectivity index (χ0) is 36.3. The van der Waals surface area contributed by atoms with Gasteiger partial charge in [-0.25, -0.2) is 4.79 Å². The molecule has 0 bridgehead atoms. The van der Waals surface area contributed by atoms with Gasteiger partial charge in [0.25, 0.3) is 0 Å². The predicted octanol–water partition coefficient (Wildman–Crippen LogP) is 14.0. The molecule has 0 saturated carbocycles. The highest BCUT2D eigenvalue weighted by atomic mass is 16.6. The molecule has 1 rings (SSSR count). The third-order valence-corrected chi connectivity index (χ3v) is 11.0. The summed E-state index contributed by atoms with van der Waals surface area (Å²) in [6, 6.07) is 0. The summed E-state index contributed by atoms with van der Waals surface area (Å²) in [6.07, 6.45) is 49.6. The van der Waals surface area contributed by atoms with E-state index >= 15 is 0 Å². The standard InChI is InChI=1S/C46H84N2O2/c1-6-44-38-33-29-25-21-17-13-11-15-19-23-27-31-35-40-45(50-46(49)47(5)41-36-42-48(7-2)8-3)39-34-30-26-22-18-14-10-9-12-16-20-24-28-32-37-43(44)4/h9,12-13,17,20,24-25,29,43-45H,6-8,10-11,14-16,18-19,21-23,26-28,30-42H2,1-5H3. The minimum atomic E-state index is -0.129. The van der Waals surface area contributed by atoms with Crippen LogP contribution in [0.2, 0.25) is 0 Å². The van der Waals surface area contributed by atoms with Crippen molar-refractivity contribution in [2.45, 2.75) is 194 Å². The summed E-state index contributed by atoms with van der Waals surface area (Å²) < 4.78 is 6.12. The molecule has 3 atom stereocenters. The Balaban J connectivity index is 2.55. The van der Waals surface area contributed by atoms with E-state index in [0.29, 0.717) is 0 Å². The van der Waals surface area contributed by atoms with Crippen molar-refractivity contribution in [3.63, 3.8) is 0 Å². The van der Waals surface area contributed by atoms with Crippen molar-refractivity contribution in [2.24, 2.45) is 11.8 Å². The van der Waals surface area contributed by atoms with Crippen LogP contribution in [0, 0.1) is 11.8 Å². The zero-order valence-corrected chi connectivity index (χ0v) is 34.1. The Morgan fingerprint density at radius 3 is 1.58 bits per heavy atom. The summed E-state index contributed by atoms with van der Waals surface area (Å²) in [5.74, 6) is 1.68. The van der Waals surface area contributed by atoms with Gasteiger partial charge in [-0.1, -0.05) is 141 Å². The predicted molar refractivity (Wildman–Crippen MR) is 221 cm³/mol. The normalized spacial score (nSPS) is 23.3. The van der Waals surface area contributed by atoms with E-state index in [2.05, 4.69) is 81.2 Å². The fraction of sp³-hybridized carbons (Fsp3) is 0.804. The molecule has 0 spiro atoms. The van der Waals surface area contributed by atoms with Crippen molar-refractivity contribution >= 4 is 6.09 Å². The van der Waals surface area contributed by atoms with E-state index in [1.54, 1.807) is 4.90 Å². The second kappa shape index (κ2) is 34.3. The van der Waals surface area contributed by atoms with Crippen molar-refractivity contribution < 1.29 is 9.53 Å². The Labute approximate surface area is 312 Å². The van der Waals surface area contributed by atoms with Gasteiger partial charge in [-0.05, 0) is 128 Å². The highest BCUT2D eigenvalue weighted by molar-refractivity contribution is 5.67. The van der Waals surface area contributed by atoms with Gasteiger partial charge in [0, 0.05) is 13.6 Å². The zero-order valence-electron chi connectivity index (χ0n) is 34.1. The van der Waals surface area contributed by atoms with Gasteiger partial charge >= 0.3 is 6.09 Å². The van der Waals surface area contributed by atoms with Gasteiger partial charge < -0.3 is 14.5 Å². The Hall–Kier alpha value is -1.81. The van der Waals surface area contributed by atoms with Gasteiger partial charge in [-0.15, -0.1) is 0 Å². The Kier molecular flexibility index (Phi) is 31.7. The monoisotopic (exact) mass is 697 g/mol. The van der Waals surface area contributed by atoms with E-state index in [0.717, 1.165) is 83.0 Å². The number of nitrogens with zero attached hydrogens (tertiary/aromatic N) is 2. The first kappa shape index (κ1) is 46.2. The van der Waals surface area contributed by atoms with Crippen LogP contribution in [-0.4, -0.2) is 55.2 Å². The van der Waals surface area contributed by atoms with E-state index < -0.39 is 0 Å². The lowest BCUT2D eigenvalue weighted by atomic mass is 9.84. The largest absolute Gasteiger partial charge is 0.446 e. The summed E-state index contributed by atoms with van der Waals surface area (Å²) in [7, 11) is 1.91. The van der Waals surface area contributed by atoms with E-state index in [9.17, 15) is 4.79 Å². The highest BCUT2D eigenvalue weighted by Gasteiger charge is 2.18. The van der Waals surface area contributed by atoms with Crippen molar-refractivity contribution in [3.05, 3.63) is 48.6 Å². The van der Waals surface area contributed by atoms with E-state index in [1.165, 1.54) is 116 Å². The lowest BCUT2D eigenvalue weighted by molar-refractivity contribution is 0.0575. The van der Waals surface area contributed by atoms with Gasteiger partial charge in [0.05, 0.1) is 0 Å². The molecule has 4 nitrogen and oxygen atoms in total. The number of allylic oxidation sites excluding steroid dienone is 8. The van der Waals surface area contributed by atoms with Gasteiger partial charge in [-0.3, -0.25) is 0 Å². The summed E-state index contributed by atoms with van der Waals surface area (Å²) >= 11 is 0. The van der Waals surface area contributed by atoms with Crippen LogP contribution in [0.15, 0.2) is 48.6 Å². The average molecular weight is 697 g/mol. The smallest absolute Gasteiger partial charge is 0.409 e. The fourth-order valence-corrected chi connectivity index (χ4v) is 7.35. The number of amides is 1. The van der Waals surface area contributed by atoms with Crippen molar-refractivity contribution in [1.82, 2.24) is 9.80 Å². The van der Waals surface area contributed by atoms with Gasteiger partial charge in [0.1, 0.15) is 6.10 Å². The molecule has 0 aromatic rings. The van der Waals surface area contributed by atoms with Gasteiger partial charge in [0.15, 0.2) is 0 Å². The van der Waals surface area contributed by atoms with E-state index in [-0.39, 0.29) is 12.2 Å². The molecule has 0 N–H and O–H groups in total. The van der Waals surface area contributed by atoms with Crippen LogP contribution in [-0.2, 0) is 4.74 Å². The van der Waals surface area contributed by atoms with Gasteiger partial charge in [0.2, 0.25) is 0 Å². The third kappa shape index (κ3) is 26.9. The van der Waals surface area contributed by atoms with Crippen LogP contribution in [0.1, 0.15) is 188 Å². The van der Waals surface area contributed by atoms with Crippen LogP contribution < -0.4 is 0 Å². The maximum atomic E-state index is 13.0. The third-order valence-electron chi connectivity index (χ3n) is 11.0. The minimum absolute atomic E-state index is 0.0607. The quantitative estimate of drug-likeness (QED) is 0.237. The molecule has 4 heteroatoms. The molecule has 0 heterocycles. The molecule has 0 saturated heterocycles. The van der Waals surface area contributed by atoms with E-state index in [4.69, 9.17) is 4.74 Å². The lowest BCUT2D eigenvalue weighted by Gasteiger charge is -2.24. The maximum Gasteiger partial charge on any atom is 0.409 e. The maximum absolute atomic E-state index is 13.0. The lowest BCUT2D eigenvalue weighted by Crippen LogP contribution is -2.34. The van der Waals surface area contributed by atoms with E-state index in [1.807, 2.05) is 7.05 Å². The molecule has 0 aromatic heterocycles. The number of hydrogen-bond donors (Lipinski definition) is 0. The summed E-state index contributed by atoms with van der Waals surface area (Å²) in [5, 5.41) is 0. The number of hydrogen-bond acceptors (Lipinski definition) is 3. The second-order valence-corrected chi connectivity index (χ2v) is 15.2. The number of ether oxygens (including phenoxy) is 1. The van der Waals surface area contributed by atoms with Crippen molar-refractivity contribution in [1.29, 1.82) is 0 Å². The molecule has 290 valence electrons. The first-order valence-electron chi connectivity index (χ1n) is 21.8. The number of carbonyl (C=O) groups is 1. The van der Waals surface area contributed by atoms with Crippen LogP contribution in [0.5, 0.6) is 0 Å². The van der Waals surface area contributed by atoms with Crippen LogP contribution >= 0.6 is 0 Å². The number of rotatable bonds is 8. The summed E-state index contributed by atoms with van der Waals surface area (Å²) in [6.45, 7) is 13.2. The Bertz CT molecular complexity index is 873. The van der Waals surface area contributed by atoms with Crippen molar-refractivity contribution in [2.75, 3.05) is 33.2 Å². The summed E-state index contributed by atoms with van der Waals surface area (Å²) in [4.78, 5) is 17.2. The molecular weight excluding hydrogens is 613 g/mol. The second-order valence-electron chi connectivity index (χ2n) is 15.2. The molecular formula is C46H84N2O2. The first-order chi connectivity index (χ1) is 24.5. The number of carbonyl (C=O) groups excluding carboxylic acids is 1. The van der Waals surface area contributed by atoms with Crippen molar-refractivity contribution in [3.8, 4) is 0 Å². The van der Waals surface area contributed by atoms with Crippen LogP contribution in [0.25, 0.3) is 0 Å². The van der Waals surface area contributed by atoms with Crippen LogP contribution in [0.3, 0.4) is 0 Å². The molecule has 50 heavy (non-hydrogen) atoms. The molecule has 0 aromatic carbocycles. The molecule has 1 aliphatic carbocycles. The topological polar surface area (TPSA) is 32.8 Å². The highest BCUT2D eigenvalue weighted by Crippen LogP contribution is 2.26.